The number of nitrogens with one attached hydrogen (secondary N) is 3. The topological polar surface area (TPSA) is 86.9 Å². The molecule has 1 heterocycles. The molecule has 0 aliphatic heterocycles. The predicted molar refractivity (Wildman–Crippen MR) is 61.6 cm³/mol. The van der Waals surface area contributed by atoms with Crippen molar-refractivity contribution in [2.45, 2.75) is 19.9 Å². The van der Waals surface area contributed by atoms with Crippen LogP contribution in [0.2, 0.25) is 5.02 Å². The molecule has 6 nitrogen and oxygen atoms in total. The molecule has 0 fully saturated rings. The number of H-pyrrole nitrogens is 1. The van der Waals surface area contributed by atoms with E-state index in [0.717, 1.165) is 0 Å². The van der Waals surface area contributed by atoms with Crippen molar-refractivity contribution < 1.29 is 4.79 Å². The van der Waals surface area contributed by atoms with Crippen molar-refractivity contribution in [3.8, 4) is 0 Å². The minimum atomic E-state index is -0.491. The van der Waals surface area contributed by atoms with Gasteiger partial charge >= 0.3 is 0 Å². The van der Waals surface area contributed by atoms with E-state index in [1.54, 1.807) is 6.92 Å². The number of amides is 1. The predicted octanol–water partition coefficient (Wildman–Crippen LogP) is 0.360. The number of likely N-dealkylation sites (N-methyl/N-ethyl adjacent to an activating group) is 1. The summed E-state index contributed by atoms with van der Waals surface area (Å²) in [5.41, 5.74) is -0.154. The Balaban J connectivity index is 2.77. The van der Waals surface area contributed by atoms with Crippen LogP contribution in [-0.4, -0.2) is 28.7 Å². The van der Waals surface area contributed by atoms with E-state index in [0.29, 0.717) is 12.2 Å². The summed E-state index contributed by atoms with van der Waals surface area (Å²) in [5, 5.41) is 11.2. The Labute approximate surface area is 97.4 Å². The number of rotatable bonds is 4. The lowest BCUT2D eigenvalue weighted by atomic mass is 10.3. The molecule has 1 unspecified atom stereocenters. The summed E-state index contributed by atoms with van der Waals surface area (Å²) >= 11 is 5.74. The maximum Gasteiger partial charge on any atom is 0.285 e. The van der Waals surface area contributed by atoms with Gasteiger partial charge in [0.15, 0.2) is 0 Å². The monoisotopic (exact) mass is 244 g/mol. The normalized spacial score (nSPS) is 11.9. The Morgan fingerprint density at radius 3 is 3.00 bits per heavy atom. The third kappa shape index (κ3) is 2.96. The van der Waals surface area contributed by atoms with Gasteiger partial charge in [0, 0.05) is 6.54 Å². The van der Waals surface area contributed by atoms with Crippen LogP contribution in [0.5, 0.6) is 0 Å². The van der Waals surface area contributed by atoms with Crippen LogP contribution in [0.15, 0.2) is 11.0 Å². The van der Waals surface area contributed by atoms with Crippen molar-refractivity contribution in [2.24, 2.45) is 0 Å². The van der Waals surface area contributed by atoms with E-state index < -0.39 is 11.6 Å². The number of hydrogen-bond acceptors (Lipinski definition) is 4. The maximum atomic E-state index is 11.4. The van der Waals surface area contributed by atoms with Gasteiger partial charge in [0.1, 0.15) is 11.1 Å². The quantitative estimate of drug-likeness (QED) is 0.714. The van der Waals surface area contributed by atoms with Crippen molar-refractivity contribution in [1.29, 1.82) is 0 Å². The number of halogens is 1. The lowest BCUT2D eigenvalue weighted by Crippen LogP contribution is -2.37. The standard InChI is InChI=1S/C9H13ClN4O2/c1-3-11-8(15)5(2)13-6-4-12-14-9(16)7(6)10/h4-5H,3H2,1-2H3,(H,11,15)(H2,13,14,16). The zero-order valence-electron chi connectivity index (χ0n) is 9.00. The van der Waals surface area contributed by atoms with Gasteiger partial charge in [-0.1, -0.05) is 11.6 Å². The SMILES string of the molecule is CCNC(=O)C(C)Nc1cn[nH]c(=O)c1Cl. The Hall–Kier alpha value is -1.56. The molecular formula is C9H13ClN4O2. The molecular weight excluding hydrogens is 232 g/mol. The molecule has 0 aliphatic rings. The van der Waals surface area contributed by atoms with E-state index >= 15 is 0 Å². The number of nitrogens with zero attached hydrogens (tertiary/aromatic N) is 1. The number of carbonyl (C=O) groups is 1. The van der Waals surface area contributed by atoms with Gasteiger partial charge in [-0.2, -0.15) is 5.10 Å². The maximum absolute atomic E-state index is 11.4. The zero-order valence-corrected chi connectivity index (χ0v) is 9.76. The van der Waals surface area contributed by atoms with Crippen LogP contribution in [0.4, 0.5) is 5.69 Å². The van der Waals surface area contributed by atoms with E-state index in [-0.39, 0.29) is 10.9 Å². The second-order valence-corrected chi connectivity index (χ2v) is 3.57. The fraction of sp³-hybridized carbons (Fsp3) is 0.444. The van der Waals surface area contributed by atoms with Crippen molar-refractivity contribution in [2.75, 3.05) is 11.9 Å². The average Bonchev–Trinajstić information content (AvgIpc) is 2.25. The van der Waals surface area contributed by atoms with Gasteiger partial charge in [-0.3, -0.25) is 9.59 Å². The second-order valence-electron chi connectivity index (χ2n) is 3.19. The Morgan fingerprint density at radius 1 is 1.69 bits per heavy atom. The Bertz CT molecular complexity index is 432. The first-order valence-corrected chi connectivity index (χ1v) is 5.21. The summed E-state index contributed by atoms with van der Waals surface area (Å²) < 4.78 is 0. The van der Waals surface area contributed by atoms with E-state index in [9.17, 15) is 9.59 Å². The first kappa shape index (κ1) is 12.5. The minimum absolute atomic E-state index is 0.00820. The highest BCUT2D eigenvalue weighted by Gasteiger charge is 2.14. The zero-order chi connectivity index (χ0) is 12.1. The highest BCUT2D eigenvalue weighted by molar-refractivity contribution is 6.33. The number of anilines is 1. The van der Waals surface area contributed by atoms with E-state index in [4.69, 9.17) is 11.6 Å². The van der Waals surface area contributed by atoms with Crippen LogP contribution in [0.25, 0.3) is 0 Å². The number of aromatic nitrogens is 2. The molecule has 1 aromatic rings. The minimum Gasteiger partial charge on any atom is -0.371 e. The van der Waals surface area contributed by atoms with Gasteiger partial charge < -0.3 is 10.6 Å². The molecule has 1 amide bonds. The molecule has 7 heteroatoms. The molecule has 0 aromatic carbocycles. The van der Waals surface area contributed by atoms with Gasteiger partial charge in [0.2, 0.25) is 5.91 Å². The van der Waals surface area contributed by atoms with Gasteiger partial charge in [-0.25, -0.2) is 5.10 Å². The van der Waals surface area contributed by atoms with Gasteiger partial charge in [0.05, 0.1) is 11.9 Å². The average molecular weight is 245 g/mol. The first-order valence-electron chi connectivity index (χ1n) is 4.83. The lowest BCUT2D eigenvalue weighted by molar-refractivity contribution is -0.121. The smallest absolute Gasteiger partial charge is 0.285 e. The lowest BCUT2D eigenvalue weighted by Gasteiger charge is -2.14. The molecule has 88 valence electrons. The third-order valence-corrected chi connectivity index (χ3v) is 2.29. The van der Waals surface area contributed by atoms with Crippen molar-refractivity contribution >= 4 is 23.2 Å². The third-order valence-electron chi connectivity index (χ3n) is 1.91. The highest BCUT2D eigenvalue weighted by atomic mass is 35.5. The van der Waals surface area contributed by atoms with Crippen LogP contribution in [0.3, 0.4) is 0 Å². The van der Waals surface area contributed by atoms with Crippen molar-refractivity contribution in [1.82, 2.24) is 15.5 Å². The largest absolute Gasteiger partial charge is 0.371 e. The second kappa shape index (κ2) is 5.50. The summed E-state index contributed by atoms with van der Waals surface area (Å²) in [6, 6.07) is -0.485. The molecule has 0 radical (unpaired) electrons. The van der Waals surface area contributed by atoms with Crippen LogP contribution in [-0.2, 0) is 4.79 Å². The van der Waals surface area contributed by atoms with E-state index in [1.807, 2.05) is 6.92 Å². The summed E-state index contributed by atoms with van der Waals surface area (Å²) in [6.45, 7) is 4.04. The molecule has 1 rings (SSSR count). The summed E-state index contributed by atoms with van der Waals surface area (Å²) in [4.78, 5) is 22.5. The number of aromatic amines is 1. The fourth-order valence-electron chi connectivity index (χ4n) is 1.11. The van der Waals surface area contributed by atoms with Crippen LogP contribution in [0.1, 0.15) is 13.8 Å². The van der Waals surface area contributed by atoms with Gasteiger partial charge in [0.25, 0.3) is 5.56 Å². The Kier molecular flexibility index (Phi) is 4.30. The van der Waals surface area contributed by atoms with Crippen molar-refractivity contribution in [3.05, 3.63) is 21.6 Å². The molecule has 0 bridgehead atoms. The van der Waals surface area contributed by atoms with Gasteiger partial charge in [-0.05, 0) is 13.8 Å². The summed E-state index contributed by atoms with van der Waals surface area (Å²) in [7, 11) is 0. The molecule has 0 saturated heterocycles. The molecule has 3 N–H and O–H groups in total. The molecule has 0 saturated carbocycles. The summed E-state index contributed by atoms with van der Waals surface area (Å²) in [5.74, 6) is -0.168. The number of carbonyl (C=O) groups excluding carboxylic acids is 1. The number of hydrogen-bond donors (Lipinski definition) is 3. The van der Waals surface area contributed by atoms with Crippen molar-refractivity contribution in [3.63, 3.8) is 0 Å². The molecule has 0 aliphatic carbocycles. The Morgan fingerprint density at radius 2 is 2.38 bits per heavy atom. The molecule has 1 atom stereocenters. The van der Waals surface area contributed by atoms with Crippen LogP contribution in [0, 0.1) is 0 Å². The highest BCUT2D eigenvalue weighted by Crippen LogP contribution is 2.15. The fourth-order valence-corrected chi connectivity index (χ4v) is 1.26. The molecule has 0 spiro atoms. The molecule has 16 heavy (non-hydrogen) atoms. The van der Waals surface area contributed by atoms with Crippen LogP contribution < -0.4 is 16.2 Å². The summed E-state index contributed by atoms with van der Waals surface area (Å²) in [6.07, 6.45) is 1.36. The van der Waals surface area contributed by atoms with E-state index in [1.165, 1.54) is 6.20 Å². The first-order chi connectivity index (χ1) is 7.56. The van der Waals surface area contributed by atoms with E-state index in [2.05, 4.69) is 20.8 Å². The molecule has 1 aromatic heterocycles. The van der Waals surface area contributed by atoms with Gasteiger partial charge in [-0.15, -0.1) is 0 Å². The van der Waals surface area contributed by atoms with Crippen LogP contribution >= 0.6 is 11.6 Å².